The normalized spacial score (nSPS) is 10.6. The fourth-order valence-electron chi connectivity index (χ4n) is 1.89. The van der Waals surface area contributed by atoms with Crippen LogP contribution in [0.3, 0.4) is 0 Å². The highest BCUT2D eigenvalue weighted by atomic mass is 16.5. The Labute approximate surface area is 88.0 Å². The van der Waals surface area contributed by atoms with Crippen molar-refractivity contribution in [2.75, 3.05) is 7.11 Å². The molecule has 2 nitrogen and oxygen atoms in total. The van der Waals surface area contributed by atoms with Gasteiger partial charge >= 0.3 is 5.97 Å². The maximum atomic E-state index is 10.9. The van der Waals surface area contributed by atoms with E-state index in [1.807, 2.05) is 0 Å². The van der Waals surface area contributed by atoms with Crippen LogP contribution in [-0.2, 0) is 9.53 Å². The minimum atomic E-state index is -0.0725. The molecule has 0 atom stereocenters. The van der Waals surface area contributed by atoms with Crippen molar-refractivity contribution in [1.82, 2.24) is 0 Å². The monoisotopic (exact) mass is 200 g/mol. The van der Waals surface area contributed by atoms with Gasteiger partial charge in [-0.1, -0.05) is 39.5 Å². The average molecular weight is 200 g/mol. The molecule has 0 aliphatic carbocycles. The second-order valence-electron chi connectivity index (χ2n) is 3.91. The number of hydrogen-bond donors (Lipinski definition) is 0. The lowest BCUT2D eigenvalue weighted by Gasteiger charge is -2.14. The standard InChI is InChI=1S/C12H24O2/c1-4-7-11(8-5-2)9-6-10-12(13)14-3/h11H,4-10H2,1-3H3. The molecule has 0 saturated carbocycles. The van der Waals surface area contributed by atoms with Crippen LogP contribution in [0.25, 0.3) is 0 Å². The van der Waals surface area contributed by atoms with Gasteiger partial charge in [0.15, 0.2) is 0 Å². The lowest BCUT2D eigenvalue weighted by Crippen LogP contribution is -2.04. The first-order chi connectivity index (χ1) is 6.74. The van der Waals surface area contributed by atoms with Gasteiger partial charge in [0.1, 0.15) is 0 Å². The van der Waals surface area contributed by atoms with Gasteiger partial charge in [0.05, 0.1) is 7.11 Å². The molecule has 0 unspecified atom stereocenters. The van der Waals surface area contributed by atoms with E-state index in [4.69, 9.17) is 0 Å². The first kappa shape index (κ1) is 13.5. The molecule has 0 aliphatic heterocycles. The Hall–Kier alpha value is -0.530. The van der Waals surface area contributed by atoms with Crippen LogP contribution in [0.2, 0.25) is 0 Å². The van der Waals surface area contributed by atoms with Crippen molar-refractivity contribution in [2.24, 2.45) is 5.92 Å². The van der Waals surface area contributed by atoms with Crippen molar-refractivity contribution in [3.05, 3.63) is 0 Å². The van der Waals surface area contributed by atoms with Crippen molar-refractivity contribution in [3.63, 3.8) is 0 Å². The van der Waals surface area contributed by atoms with Crippen molar-refractivity contribution in [3.8, 4) is 0 Å². The third-order valence-electron chi connectivity index (χ3n) is 2.61. The summed E-state index contributed by atoms with van der Waals surface area (Å²) in [7, 11) is 1.46. The average Bonchev–Trinajstić information content (AvgIpc) is 2.18. The molecule has 0 amide bonds. The largest absolute Gasteiger partial charge is 0.469 e. The lowest BCUT2D eigenvalue weighted by atomic mass is 9.93. The lowest BCUT2D eigenvalue weighted by molar-refractivity contribution is -0.140. The summed E-state index contributed by atoms with van der Waals surface area (Å²) in [6.07, 6.45) is 7.85. The molecular formula is C12H24O2. The molecule has 0 aromatic heterocycles. The van der Waals surface area contributed by atoms with Crippen LogP contribution in [0.4, 0.5) is 0 Å². The number of carbonyl (C=O) groups excluding carboxylic acids is 1. The molecule has 0 fully saturated rings. The van der Waals surface area contributed by atoms with Crippen LogP contribution < -0.4 is 0 Å². The maximum Gasteiger partial charge on any atom is 0.305 e. The molecule has 14 heavy (non-hydrogen) atoms. The first-order valence-corrected chi connectivity index (χ1v) is 5.81. The summed E-state index contributed by atoms with van der Waals surface area (Å²) in [5, 5.41) is 0. The van der Waals surface area contributed by atoms with Crippen LogP contribution >= 0.6 is 0 Å². The minimum absolute atomic E-state index is 0.0725. The Morgan fingerprint density at radius 2 is 1.71 bits per heavy atom. The molecule has 0 heterocycles. The van der Waals surface area contributed by atoms with E-state index in [-0.39, 0.29) is 5.97 Å². The molecular weight excluding hydrogens is 176 g/mol. The smallest absolute Gasteiger partial charge is 0.305 e. The topological polar surface area (TPSA) is 26.3 Å². The van der Waals surface area contributed by atoms with E-state index in [1.54, 1.807) is 0 Å². The summed E-state index contributed by atoms with van der Waals surface area (Å²) in [5.74, 6) is 0.742. The van der Waals surface area contributed by atoms with E-state index in [0.29, 0.717) is 6.42 Å². The van der Waals surface area contributed by atoms with Gasteiger partial charge in [-0.15, -0.1) is 0 Å². The van der Waals surface area contributed by atoms with Gasteiger partial charge in [0, 0.05) is 6.42 Å². The zero-order valence-electron chi connectivity index (χ0n) is 9.84. The van der Waals surface area contributed by atoms with Crippen molar-refractivity contribution in [2.45, 2.75) is 58.8 Å². The summed E-state index contributed by atoms with van der Waals surface area (Å²) < 4.78 is 4.61. The zero-order valence-corrected chi connectivity index (χ0v) is 9.84. The van der Waals surface area contributed by atoms with E-state index in [0.717, 1.165) is 12.3 Å². The zero-order chi connectivity index (χ0) is 10.8. The highest BCUT2D eigenvalue weighted by Gasteiger charge is 2.08. The number of esters is 1. The van der Waals surface area contributed by atoms with Gasteiger partial charge in [0.2, 0.25) is 0 Å². The molecule has 0 rings (SSSR count). The second kappa shape index (κ2) is 9.04. The minimum Gasteiger partial charge on any atom is -0.469 e. The molecule has 0 aromatic rings. The summed E-state index contributed by atoms with van der Waals surface area (Å²) in [5.41, 5.74) is 0. The van der Waals surface area contributed by atoms with Gasteiger partial charge in [-0.3, -0.25) is 4.79 Å². The molecule has 0 spiro atoms. The third-order valence-corrected chi connectivity index (χ3v) is 2.61. The molecule has 0 aliphatic rings. The molecule has 0 radical (unpaired) electrons. The van der Waals surface area contributed by atoms with Gasteiger partial charge in [0.25, 0.3) is 0 Å². The number of hydrogen-bond acceptors (Lipinski definition) is 2. The van der Waals surface area contributed by atoms with Crippen LogP contribution in [0.5, 0.6) is 0 Å². The first-order valence-electron chi connectivity index (χ1n) is 5.81. The third kappa shape index (κ3) is 6.93. The predicted octanol–water partition coefficient (Wildman–Crippen LogP) is 3.55. The molecule has 0 saturated heterocycles. The fraction of sp³-hybridized carbons (Fsp3) is 0.917. The van der Waals surface area contributed by atoms with Crippen LogP contribution in [0.15, 0.2) is 0 Å². The Morgan fingerprint density at radius 1 is 1.14 bits per heavy atom. The molecule has 84 valence electrons. The SMILES string of the molecule is CCCC(CCC)CCCC(=O)OC. The second-order valence-corrected chi connectivity index (χ2v) is 3.91. The van der Waals surface area contributed by atoms with E-state index in [1.165, 1.54) is 39.2 Å². The van der Waals surface area contributed by atoms with E-state index >= 15 is 0 Å². The van der Waals surface area contributed by atoms with Crippen LogP contribution in [-0.4, -0.2) is 13.1 Å². The van der Waals surface area contributed by atoms with E-state index in [9.17, 15) is 4.79 Å². The van der Waals surface area contributed by atoms with Gasteiger partial charge in [-0.05, 0) is 18.8 Å². The quantitative estimate of drug-likeness (QED) is 0.560. The number of ether oxygens (including phenoxy) is 1. The summed E-state index contributed by atoms with van der Waals surface area (Å²) >= 11 is 0. The van der Waals surface area contributed by atoms with E-state index in [2.05, 4.69) is 18.6 Å². The van der Waals surface area contributed by atoms with E-state index < -0.39 is 0 Å². The Morgan fingerprint density at radius 3 is 2.14 bits per heavy atom. The van der Waals surface area contributed by atoms with Gasteiger partial charge in [-0.25, -0.2) is 0 Å². The number of methoxy groups -OCH3 is 1. The maximum absolute atomic E-state index is 10.9. The predicted molar refractivity (Wildman–Crippen MR) is 59.2 cm³/mol. The summed E-state index contributed by atoms with van der Waals surface area (Å²) in [6.45, 7) is 4.45. The summed E-state index contributed by atoms with van der Waals surface area (Å²) in [4.78, 5) is 10.9. The summed E-state index contributed by atoms with van der Waals surface area (Å²) in [6, 6.07) is 0. The van der Waals surface area contributed by atoms with Crippen molar-refractivity contribution >= 4 is 5.97 Å². The molecule has 2 heteroatoms. The molecule has 0 aromatic carbocycles. The Balaban J connectivity index is 3.54. The molecule has 0 N–H and O–H groups in total. The fourth-order valence-corrected chi connectivity index (χ4v) is 1.89. The van der Waals surface area contributed by atoms with Gasteiger partial charge < -0.3 is 4.74 Å². The number of rotatable bonds is 8. The van der Waals surface area contributed by atoms with Crippen molar-refractivity contribution in [1.29, 1.82) is 0 Å². The Kier molecular flexibility index (Phi) is 8.70. The van der Waals surface area contributed by atoms with Crippen molar-refractivity contribution < 1.29 is 9.53 Å². The highest BCUT2D eigenvalue weighted by Crippen LogP contribution is 2.20. The number of carbonyl (C=O) groups is 1. The highest BCUT2D eigenvalue weighted by molar-refractivity contribution is 5.68. The van der Waals surface area contributed by atoms with Gasteiger partial charge in [-0.2, -0.15) is 0 Å². The molecule has 0 bridgehead atoms. The van der Waals surface area contributed by atoms with Crippen LogP contribution in [0, 0.1) is 5.92 Å². The van der Waals surface area contributed by atoms with Crippen LogP contribution in [0.1, 0.15) is 58.8 Å². The Bertz CT molecular complexity index is 137.